The van der Waals surface area contributed by atoms with Crippen molar-refractivity contribution in [1.29, 1.82) is 0 Å². The molecule has 23 heavy (non-hydrogen) atoms. The number of methoxy groups -OCH3 is 1. The monoisotopic (exact) mass is 315 g/mol. The number of anilines is 1. The normalized spacial score (nSPS) is 16.7. The SMILES string of the molecule is COCCOC(=O)C1=C(C)Nc2ncnn2C1c1cccnc1. The summed E-state index contributed by atoms with van der Waals surface area (Å²) in [6, 6.07) is 3.28. The summed E-state index contributed by atoms with van der Waals surface area (Å²) in [4.78, 5) is 20.8. The van der Waals surface area contributed by atoms with Crippen LogP contribution in [0.2, 0.25) is 0 Å². The van der Waals surface area contributed by atoms with Crippen molar-refractivity contribution in [2.75, 3.05) is 25.6 Å². The minimum Gasteiger partial charge on any atom is -0.460 e. The maximum absolute atomic E-state index is 12.5. The first-order chi connectivity index (χ1) is 11.2. The topological polar surface area (TPSA) is 91.2 Å². The van der Waals surface area contributed by atoms with Crippen molar-refractivity contribution in [2.24, 2.45) is 0 Å². The maximum Gasteiger partial charge on any atom is 0.338 e. The Bertz CT molecular complexity index is 726. The number of fused-ring (bicyclic) bond motifs is 1. The smallest absolute Gasteiger partial charge is 0.338 e. The third-order valence-corrected chi connectivity index (χ3v) is 3.54. The lowest BCUT2D eigenvalue weighted by atomic mass is 9.97. The highest BCUT2D eigenvalue weighted by molar-refractivity contribution is 5.92. The molecule has 0 saturated carbocycles. The molecule has 0 saturated heterocycles. The highest BCUT2D eigenvalue weighted by Crippen LogP contribution is 2.34. The van der Waals surface area contributed by atoms with Gasteiger partial charge in [0.05, 0.1) is 12.2 Å². The van der Waals surface area contributed by atoms with Gasteiger partial charge in [-0.3, -0.25) is 4.98 Å². The van der Waals surface area contributed by atoms with Gasteiger partial charge in [0.15, 0.2) is 0 Å². The van der Waals surface area contributed by atoms with Crippen LogP contribution < -0.4 is 5.32 Å². The van der Waals surface area contributed by atoms with Crippen LogP contribution in [0.15, 0.2) is 42.1 Å². The summed E-state index contributed by atoms with van der Waals surface area (Å²) in [6.07, 6.45) is 4.83. The molecule has 2 aromatic rings. The van der Waals surface area contributed by atoms with Crippen LogP contribution in [0.1, 0.15) is 18.5 Å². The molecule has 0 radical (unpaired) electrons. The Balaban J connectivity index is 1.99. The first-order valence-electron chi connectivity index (χ1n) is 7.15. The van der Waals surface area contributed by atoms with E-state index in [0.29, 0.717) is 23.8 Å². The molecule has 0 fully saturated rings. The molecule has 0 spiro atoms. The van der Waals surface area contributed by atoms with Gasteiger partial charge in [-0.2, -0.15) is 10.1 Å². The molecule has 8 nitrogen and oxygen atoms in total. The second-order valence-corrected chi connectivity index (χ2v) is 5.01. The molecular weight excluding hydrogens is 298 g/mol. The van der Waals surface area contributed by atoms with E-state index >= 15 is 0 Å². The zero-order chi connectivity index (χ0) is 16.2. The minimum absolute atomic E-state index is 0.191. The molecule has 0 bridgehead atoms. The van der Waals surface area contributed by atoms with Crippen LogP contribution in [-0.4, -0.2) is 46.0 Å². The summed E-state index contributed by atoms with van der Waals surface area (Å²) in [5.41, 5.74) is 1.99. The van der Waals surface area contributed by atoms with E-state index in [1.807, 2.05) is 19.1 Å². The Hall–Kier alpha value is -2.74. The van der Waals surface area contributed by atoms with Gasteiger partial charge in [0.1, 0.15) is 19.0 Å². The Labute approximate surface area is 133 Å². The third kappa shape index (κ3) is 2.93. The van der Waals surface area contributed by atoms with Crippen molar-refractivity contribution in [2.45, 2.75) is 13.0 Å². The molecule has 1 aliphatic heterocycles. The summed E-state index contributed by atoms with van der Waals surface area (Å²) in [5, 5.41) is 7.30. The van der Waals surface area contributed by atoms with Crippen LogP contribution in [-0.2, 0) is 14.3 Å². The van der Waals surface area contributed by atoms with E-state index in [0.717, 1.165) is 5.56 Å². The predicted octanol–water partition coefficient (Wildman–Crippen LogP) is 1.15. The summed E-state index contributed by atoms with van der Waals surface area (Å²) >= 11 is 0. The van der Waals surface area contributed by atoms with Crippen LogP contribution in [0.3, 0.4) is 0 Å². The lowest BCUT2D eigenvalue weighted by Crippen LogP contribution is -2.30. The molecular formula is C15H17N5O3. The number of carbonyl (C=O) groups is 1. The van der Waals surface area contributed by atoms with E-state index in [1.165, 1.54) is 6.33 Å². The van der Waals surface area contributed by atoms with Gasteiger partial charge in [0.25, 0.3) is 0 Å². The average Bonchev–Trinajstić information content (AvgIpc) is 3.02. The fourth-order valence-corrected chi connectivity index (χ4v) is 2.50. The third-order valence-electron chi connectivity index (χ3n) is 3.54. The van der Waals surface area contributed by atoms with Gasteiger partial charge in [-0.15, -0.1) is 0 Å². The average molecular weight is 315 g/mol. The van der Waals surface area contributed by atoms with E-state index < -0.39 is 12.0 Å². The number of hydrogen-bond donors (Lipinski definition) is 1. The molecule has 3 heterocycles. The molecule has 1 atom stereocenters. The van der Waals surface area contributed by atoms with E-state index in [9.17, 15) is 4.79 Å². The quantitative estimate of drug-likeness (QED) is 0.653. The van der Waals surface area contributed by atoms with Gasteiger partial charge in [0, 0.05) is 25.2 Å². The van der Waals surface area contributed by atoms with E-state index in [2.05, 4.69) is 20.4 Å². The van der Waals surface area contributed by atoms with Gasteiger partial charge in [-0.1, -0.05) is 6.07 Å². The second-order valence-electron chi connectivity index (χ2n) is 5.01. The molecule has 8 heteroatoms. The number of pyridine rings is 1. The van der Waals surface area contributed by atoms with E-state index in [-0.39, 0.29) is 6.61 Å². The highest BCUT2D eigenvalue weighted by Gasteiger charge is 2.34. The second kappa shape index (κ2) is 6.57. The lowest BCUT2D eigenvalue weighted by molar-refractivity contribution is -0.140. The Morgan fingerprint density at radius 1 is 1.43 bits per heavy atom. The van der Waals surface area contributed by atoms with Crippen molar-refractivity contribution in [3.8, 4) is 0 Å². The fraction of sp³-hybridized carbons (Fsp3) is 0.333. The van der Waals surface area contributed by atoms with Crippen molar-refractivity contribution in [3.05, 3.63) is 47.7 Å². The van der Waals surface area contributed by atoms with Gasteiger partial charge >= 0.3 is 5.97 Å². The first kappa shape index (κ1) is 15.2. The van der Waals surface area contributed by atoms with Crippen LogP contribution in [0.25, 0.3) is 0 Å². The summed E-state index contributed by atoms with van der Waals surface area (Å²) in [5.74, 6) is 0.159. The van der Waals surface area contributed by atoms with Gasteiger partial charge in [-0.05, 0) is 18.6 Å². The molecule has 1 aliphatic rings. The number of rotatable bonds is 5. The number of allylic oxidation sites excluding steroid dienone is 1. The van der Waals surface area contributed by atoms with Crippen molar-refractivity contribution in [3.63, 3.8) is 0 Å². The predicted molar refractivity (Wildman–Crippen MR) is 81.6 cm³/mol. The van der Waals surface area contributed by atoms with Crippen molar-refractivity contribution in [1.82, 2.24) is 19.7 Å². The summed E-state index contributed by atoms with van der Waals surface area (Å²) < 4.78 is 11.9. The molecule has 2 aromatic heterocycles. The Morgan fingerprint density at radius 3 is 3.04 bits per heavy atom. The number of nitrogens with one attached hydrogen (secondary N) is 1. The fourth-order valence-electron chi connectivity index (χ4n) is 2.50. The zero-order valence-corrected chi connectivity index (χ0v) is 12.9. The summed E-state index contributed by atoms with van der Waals surface area (Å²) in [6.45, 7) is 2.35. The lowest BCUT2D eigenvalue weighted by Gasteiger charge is -2.27. The largest absolute Gasteiger partial charge is 0.460 e. The Morgan fingerprint density at radius 2 is 2.30 bits per heavy atom. The van der Waals surface area contributed by atoms with Gasteiger partial charge < -0.3 is 14.8 Å². The number of aromatic nitrogens is 4. The van der Waals surface area contributed by atoms with Crippen molar-refractivity contribution >= 4 is 11.9 Å². The first-order valence-corrected chi connectivity index (χ1v) is 7.15. The number of carbonyl (C=O) groups excluding carboxylic acids is 1. The van der Waals surface area contributed by atoms with E-state index in [1.54, 1.807) is 24.2 Å². The standard InChI is InChI=1S/C15H17N5O3/c1-10-12(14(21)23-7-6-22-2)13(11-4-3-5-16-8-11)20-15(19-10)17-9-18-20/h3-5,8-9,13H,6-7H2,1-2H3,(H,17,18,19). The van der Waals surface area contributed by atoms with Gasteiger partial charge in [0.2, 0.25) is 5.95 Å². The van der Waals surface area contributed by atoms with Gasteiger partial charge in [-0.25, -0.2) is 9.48 Å². The molecule has 120 valence electrons. The molecule has 3 rings (SSSR count). The molecule has 0 amide bonds. The highest BCUT2D eigenvalue weighted by atomic mass is 16.6. The molecule has 1 unspecified atom stereocenters. The minimum atomic E-state index is -0.433. The van der Waals surface area contributed by atoms with Crippen LogP contribution in [0.4, 0.5) is 5.95 Å². The zero-order valence-electron chi connectivity index (χ0n) is 12.9. The van der Waals surface area contributed by atoms with Crippen LogP contribution >= 0.6 is 0 Å². The Kier molecular flexibility index (Phi) is 4.33. The number of esters is 1. The number of nitrogens with zero attached hydrogens (tertiary/aromatic N) is 4. The van der Waals surface area contributed by atoms with Crippen molar-refractivity contribution < 1.29 is 14.3 Å². The maximum atomic E-state index is 12.5. The molecule has 0 aliphatic carbocycles. The van der Waals surface area contributed by atoms with Crippen LogP contribution in [0, 0.1) is 0 Å². The van der Waals surface area contributed by atoms with Crippen LogP contribution in [0.5, 0.6) is 0 Å². The molecule has 1 N–H and O–H groups in total. The number of ether oxygens (including phenoxy) is 2. The van der Waals surface area contributed by atoms with E-state index in [4.69, 9.17) is 9.47 Å². The number of hydrogen-bond acceptors (Lipinski definition) is 7. The molecule has 0 aromatic carbocycles. The summed E-state index contributed by atoms with van der Waals surface area (Å²) in [7, 11) is 1.56.